The summed E-state index contributed by atoms with van der Waals surface area (Å²) in [6.45, 7) is 0. The highest BCUT2D eigenvalue weighted by Crippen LogP contribution is 2.26. The number of H-pyrrole nitrogens is 1. The summed E-state index contributed by atoms with van der Waals surface area (Å²) in [5, 5.41) is 15.7. The van der Waals surface area contributed by atoms with Gasteiger partial charge < -0.3 is 20.7 Å². The zero-order valence-corrected chi connectivity index (χ0v) is 18.0. The molecule has 0 aliphatic heterocycles. The van der Waals surface area contributed by atoms with E-state index in [2.05, 4.69) is 15.6 Å². The summed E-state index contributed by atoms with van der Waals surface area (Å²) in [6.07, 6.45) is 0. The van der Waals surface area contributed by atoms with E-state index >= 15 is 0 Å². The Morgan fingerprint density at radius 1 is 1.04 bits per heavy atom. The molecule has 4 N–H and O–H groups in total. The highest BCUT2D eigenvalue weighted by Gasteiger charge is 2.18. The molecule has 11 heteroatoms. The Bertz CT molecular complexity index is 1250. The highest BCUT2D eigenvalue weighted by atomic mass is 127. The number of nitrogens with one attached hydrogen (secondary N) is 3. The molecule has 3 rings (SSSR count). The summed E-state index contributed by atoms with van der Waals surface area (Å²) >= 11 is 19.6. The van der Waals surface area contributed by atoms with Gasteiger partial charge in [-0.2, -0.15) is 0 Å². The number of hydrogen-bond donors (Lipinski definition) is 4. The van der Waals surface area contributed by atoms with Crippen molar-refractivity contribution < 1.29 is 9.90 Å². The molecule has 1 aromatic heterocycles. The predicted octanol–water partition coefficient (Wildman–Crippen LogP) is 4.80. The minimum absolute atomic E-state index is 0.0854. The van der Waals surface area contributed by atoms with E-state index < -0.39 is 28.5 Å². The molecule has 0 unspecified atom stereocenters. The van der Waals surface area contributed by atoms with Crippen LogP contribution in [0.4, 0.5) is 16.2 Å². The molecule has 0 bridgehead atoms. The minimum atomic E-state index is -0.968. The fraction of sp³-hybridized carbons (Fsp3) is 0. The van der Waals surface area contributed by atoms with Crippen LogP contribution in [0.1, 0.15) is 0 Å². The molecule has 2 amide bonds. The molecule has 144 valence electrons. The summed E-state index contributed by atoms with van der Waals surface area (Å²) in [5.41, 5.74) is -1.97. The van der Waals surface area contributed by atoms with Gasteiger partial charge >= 0.3 is 6.03 Å². The Hall–Kier alpha value is -2.01. The van der Waals surface area contributed by atoms with Crippen molar-refractivity contribution in [1.82, 2.24) is 4.98 Å². The van der Waals surface area contributed by atoms with Crippen LogP contribution in [0.15, 0.2) is 39.9 Å². The molecule has 1 heterocycles. The number of carbonyl (C=O) groups excluding carboxylic acids is 1. The van der Waals surface area contributed by atoms with Gasteiger partial charge in [0, 0.05) is 13.6 Å². The normalized spacial score (nSPS) is 10.7. The topological polar surface area (TPSA) is 111 Å². The Kier molecular flexibility index (Phi) is 6.04. The Balaban J connectivity index is 2.09. The maximum atomic E-state index is 12.9. The lowest BCUT2D eigenvalue weighted by Crippen LogP contribution is -2.24. The van der Waals surface area contributed by atoms with Crippen molar-refractivity contribution in [3.8, 4) is 5.75 Å². The van der Waals surface area contributed by atoms with Gasteiger partial charge in [0.25, 0.3) is 5.56 Å². The van der Waals surface area contributed by atoms with Crippen LogP contribution in [0.2, 0.25) is 15.1 Å². The van der Waals surface area contributed by atoms with Gasteiger partial charge in [-0.25, -0.2) is 4.79 Å². The molecule has 0 aliphatic rings. The smallest absolute Gasteiger partial charge is 0.323 e. The molecular formula is C17H9Cl3IN3O4. The van der Waals surface area contributed by atoms with Crippen LogP contribution < -0.4 is 21.6 Å². The molecule has 28 heavy (non-hydrogen) atoms. The number of aromatic hydroxyl groups is 1. The van der Waals surface area contributed by atoms with Gasteiger partial charge in [0.05, 0.1) is 21.6 Å². The molecule has 0 spiro atoms. The van der Waals surface area contributed by atoms with Gasteiger partial charge in [0.2, 0.25) is 11.2 Å². The number of carbonyl (C=O) groups is 1. The number of halogens is 4. The fourth-order valence-electron chi connectivity index (χ4n) is 2.40. The van der Waals surface area contributed by atoms with Crippen LogP contribution in [0.5, 0.6) is 5.75 Å². The Labute approximate surface area is 185 Å². The third-order valence-electron chi connectivity index (χ3n) is 3.63. The van der Waals surface area contributed by atoms with Crippen molar-refractivity contribution in [2.45, 2.75) is 0 Å². The number of anilines is 2. The van der Waals surface area contributed by atoms with E-state index in [1.807, 2.05) is 22.6 Å². The van der Waals surface area contributed by atoms with Crippen LogP contribution in [-0.2, 0) is 0 Å². The minimum Gasteiger partial charge on any atom is -0.501 e. The van der Waals surface area contributed by atoms with E-state index in [1.54, 1.807) is 0 Å². The molecule has 0 radical (unpaired) electrons. The standard InChI is InChI=1S/C17H9Cl3IN3O4/c18-6-1-2-10(8(20)3-6)23-17(28)24-13-14(25)12-9(21)4-7(19)5-11(12)22-16(27)15(13)26/h1-5H,(H4,22,23,24,25,26,27,28). The number of urea groups is 1. The van der Waals surface area contributed by atoms with Crippen molar-refractivity contribution in [1.29, 1.82) is 0 Å². The van der Waals surface area contributed by atoms with Gasteiger partial charge in [-0.05, 0) is 52.9 Å². The third-order valence-corrected chi connectivity index (χ3v) is 5.24. The van der Waals surface area contributed by atoms with Crippen molar-refractivity contribution in [3.05, 3.63) is 69.5 Å². The number of fused-ring (bicyclic) bond motifs is 1. The molecule has 0 aliphatic carbocycles. The lowest BCUT2D eigenvalue weighted by molar-refractivity contribution is 0.262. The first-order valence-corrected chi connectivity index (χ1v) is 9.70. The van der Waals surface area contributed by atoms with Crippen LogP contribution in [0.3, 0.4) is 0 Å². The van der Waals surface area contributed by atoms with E-state index in [0.717, 1.165) is 0 Å². The highest BCUT2D eigenvalue weighted by molar-refractivity contribution is 14.1. The Morgan fingerprint density at radius 3 is 2.43 bits per heavy atom. The van der Waals surface area contributed by atoms with Gasteiger partial charge in [0.15, 0.2) is 0 Å². The van der Waals surface area contributed by atoms with Crippen molar-refractivity contribution in [3.63, 3.8) is 0 Å². The van der Waals surface area contributed by atoms with Crippen LogP contribution in [0, 0.1) is 3.57 Å². The van der Waals surface area contributed by atoms with Crippen molar-refractivity contribution in [2.24, 2.45) is 0 Å². The zero-order valence-electron chi connectivity index (χ0n) is 13.6. The zero-order chi connectivity index (χ0) is 20.6. The lowest BCUT2D eigenvalue weighted by Gasteiger charge is -2.09. The Morgan fingerprint density at radius 2 is 1.75 bits per heavy atom. The first kappa shape index (κ1) is 20.7. The number of amides is 2. The summed E-state index contributed by atoms with van der Waals surface area (Å²) in [4.78, 5) is 39.7. The van der Waals surface area contributed by atoms with Gasteiger partial charge in [-0.1, -0.05) is 34.8 Å². The summed E-state index contributed by atoms with van der Waals surface area (Å²) < 4.78 is 0.431. The summed E-state index contributed by atoms with van der Waals surface area (Å²) in [5.74, 6) is -0.939. The molecule has 0 atom stereocenters. The number of hydrogen-bond acceptors (Lipinski definition) is 4. The summed E-state index contributed by atoms with van der Waals surface area (Å²) in [6, 6.07) is 6.38. The molecule has 0 fully saturated rings. The molecule has 0 saturated carbocycles. The molecule has 3 aromatic rings. The predicted molar refractivity (Wildman–Crippen MR) is 119 cm³/mol. The van der Waals surface area contributed by atoms with Crippen LogP contribution >= 0.6 is 57.4 Å². The molecular weight excluding hydrogens is 543 g/mol. The van der Waals surface area contributed by atoms with Gasteiger partial charge in [-0.15, -0.1) is 0 Å². The van der Waals surface area contributed by atoms with Gasteiger partial charge in [0.1, 0.15) is 5.69 Å². The first-order chi connectivity index (χ1) is 13.2. The number of benzene rings is 2. The van der Waals surface area contributed by atoms with E-state index in [4.69, 9.17) is 34.8 Å². The third kappa shape index (κ3) is 4.19. The van der Waals surface area contributed by atoms with Crippen LogP contribution in [-0.4, -0.2) is 16.1 Å². The second kappa shape index (κ2) is 8.16. The average molecular weight is 553 g/mol. The van der Waals surface area contributed by atoms with E-state index in [-0.39, 0.29) is 21.6 Å². The van der Waals surface area contributed by atoms with Crippen LogP contribution in [0.25, 0.3) is 10.9 Å². The SMILES string of the molecule is O=C(Nc1ccc(Cl)cc1Cl)Nc1c(O)c(=O)[nH]c2cc(Cl)cc(I)c2c1=O. The molecule has 2 aromatic carbocycles. The number of aromatic nitrogens is 1. The van der Waals surface area contributed by atoms with Crippen molar-refractivity contribution in [2.75, 3.05) is 10.6 Å². The van der Waals surface area contributed by atoms with E-state index in [0.29, 0.717) is 13.6 Å². The fourth-order valence-corrected chi connectivity index (χ4v) is 4.13. The van der Waals surface area contributed by atoms with E-state index in [9.17, 15) is 19.5 Å². The second-order valence-corrected chi connectivity index (χ2v) is 7.96. The van der Waals surface area contributed by atoms with Crippen molar-refractivity contribution >= 4 is 85.7 Å². The maximum absolute atomic E-state index is 12.9. The largest absolute Gasteiger partial charge is 0.501 e. The average Bonchev–Trinajstić information content (AvgIpc) is 2.68. The molecule has 0 saturated heterocycles. The number of rotatable bonds is 2. The molecule has 7 nitrogen and oxygen atoms in total. The van der Waals surface area contributed by atoms with E-state index in [1.165, 1.54) is 30.3 Å². The summed E-state index contributed by atoms with van der Waals surface area (Å²) in [7, 11) is 0. The van der Waals surface area contributed by atoms with Gasteiger partial charge in [-0.3, -0.25) is 9.59 Å². The number of aromatic amines is 1. The quantitative estimate of drug-likeness (QED) is 0.342. The first-order valence-electron chi connectivity index (χ1n) is 7.48. The maximum Gasteiger partial charge on any atom is 0.323 e. The monoisotopic (exact) mass is 551 g/mol. The second-order valence-electron chi connectivity index (χ2n) is 5.52. The lowest BCUT2D eigenvalue weighted by atomic mass is 10.2.